The Labute approximate surface area is 885 Å². The molecule has 4 saturated carbocycles. The first-order valence-corrected chi connectivity index (χ1v) is 53.0. The molecule has 0 unspecified atom stereocenters. The first-order valence-electron chi connectivity index (χ1n) is 49.9. The number of hydrogen-bond donors (Lipinski definition) is 12. The predicted molar refractivity (Wildman–Crippen MR) is 556 cm³/mol. The molecule has 8 aromatic rings. The summed E-state index contributed by atoms with van der Waals surface area (Å²) in [5, 5.41) is 65.0. The van der Waals surface area contributed by atoms with Gasteiger partial charge in [-0.2, -0.15) is 0 Å². The van der Waals surface area contributed by atoms with E-state index in [1.165, 1.54) is 54.6 Å². The summed E-state index contributed by atoms with van der Waals surface area (Å²) in [7, 11) is 0. The Hall–Kier alpha value is -8.10. The van der Waals surface area contributed by atoms with Gasteiger partial charge >= 0.3 is 0 Å². The average molecular weight is 2170 g/mol. The minimum Gasteiger partial charge on any atom is -0.393 e. The molecule has 34 heteroatoms. The molecule has 8 aromatic carbocycles. The second-order valence-corrected chi connectivity index (χ2v) is 50.6. The average Bonchev–Trinajstić information content (AvgIpc) is 1.54. The van der Waals surface area contributed by atoms with Gasteiger partial charge in [0, 0.05) is 106 Å². The molecule has 4 saturated heterocycles. The van der Waals surface area contributed by atoms with E-state index in [2.05, 4.69) is 84.1 Å². The van der Waals surface area contributed by atoms with Crippen LogP contribution in [0.5, 0.6) is 0 Å². The van der Waals surface area contributed by atoms with Gasteiger partial charge in [-0.05, 0) is 252 Å². The van der Waals surface area contributed by atoms with E-state index >= 15 is 8.78 Å². The fourth-order valence-corrected chi connectivity index (χ4v) is 27.3. The fourth-order valence-electron chi connectivity index (χ4n) is 25.9. The van der Waals surface area contributed by atoms with Gasteiger partial charge in [0.2, 0.25) is 23.6 Å². The molecule has 8 aliphatic heterocycles. The first-order chi connectivity index (χ1) is 68.4. The fraction of sp³-hybridized carbons (Fsp3) is 0.500. The second-order valence-electron chi connectivity index (χ2n) is 47.3. The number of carbonyl (C=O) groups is 8. The van der Waals surface area contributed by atoms with Crippen molar-refractivity contribution in [2.24, 2.45) is 45.3 Å². The molecule has 780 valence electrons. The van der Waals surface area contributed by atoms with Gasteiger partial charge in [0.05, 0.1) is 78.7 Å². The number of Topliss-reactive ketones (excluding diaryl/α,β-unsaturated/α-hetero) is 4. The summed E-state index contributed by atoms with van der Waals surface area (Å²) in [5.74, 6) is -8.44. The number of ketones is 4. The molecule has 0 radical (unpaired) electrons. The molecule has 4 aliphatic carbocycles. The molecule has 20 nitrogen and oxygen atoms in total. The lowest BCUT2D eigenvalue weighted by atomic mass is 9.62. The third-order valence-corrected chi connectivity index (χ3v) is 34.3. The molecule has 8 fully saturated rings. The van der Waals surface area contributed by atoms with Crippen LogP contribution < -0.4 is 42.5 Å². The molecular weight excluding hydrogens is 2050 g/mol. The second kappa shape index (κ2) is 41.1. The van der Waals surface area contributed by atoms with Crippen LogP contribution in [0.25, 0.3) is 0 Å². The number of fused-ring (bicyclic) bond motifs is 8. The minimum atomic E-state index is -1.49. The van der Waals surface area contributed by atoms with Crippen molar-refractivity contribution in [2.45, 2.75) is 304 Å². The summed E-state index contributed by atoms with van der Waals surface area (Å²) in [6, 6.07) is 28.7. The molecule has 20 rings (SSSR count). The number of anilines is 4. The zero-order valence-corrected chi connectivity index (χ0v) is 89.0. The third-order valence-electron chi connectivity index (χ3n) is 32.1. The molecular formula is C112H122Cl8F6N8O12. The number of hydrogen-bond acceptors (Lipinski definition) is 16. The lowest BCUT2D eigenvalue weighted by Gasteiger charge is -2.38. The van der Waals surface area contributed by atoms with Crippen LogP contribution in [-0.4, -0.2) is 140 Å². The van der Waals surface area contributed by atoms with Crippen molar-refractivity contribution in [2.75, 3.05) is 21.3 Å². The summed E-state index contributed by atoms with van der Waals surface area (Å²) < 4.78 is 89.6. The van der Waals surface area contributed by atoms with Gasteiger partial charge in [-0.3, -0.25) is 38.4 Å². The van der Waals surface area contributed by atoms with E-state index in [4.69, 9.17) is 92.8 Å². The number of amides is 4. The summed E-state index contributed by atoms with van der Waals surface area (Å²) in [5.41, 5.74) is -0.367. The maximum absolute atomic E-state index is 15.7. The number of rotatable bonds is 20. The number of aliphatic hydroxyl groups excluding tert-OH is 4. The van der Waals surface area contributed by atoms with Crippen LogP contribution in [0.2, 0.25) is 40.2 Å². The Morgan fingerprint density at radius 1 is 0.308 bits per heavy atom. The Kier molecular flexibility index (Phi) is 30.7. The van der Waals surface area contributed by atoms with E-state index in [9.17, 15) is 76.3 Å². The molecule has 146 heavy (non-hydrogen) atoms. The highest BCUT2D eigenvalue weighted by atomic mass is 35.5. The summed E-state index contributed by atoms with van der Waals surface area (Å²) in [4.78, 5) is 111. The van der Waals surface area contributed by atoms with Gasteiger partial charge in [0.1, 0.15) is 56.6 Å². The highest BCUT2D eigenvalue weighted by Crippen LogP contribution is 2.64. The Morgan fingerprint density at radius 2 is 0.562 bits per heavy atom. The molecule has 16 atom stereocenters. The molecule has 0 bridgehead atoms. The van der Waals surface area contributed by atoms with Gasteiger partial charge in [-0.25, -0.2) is 26.3 Å². The van der Waals surface area contributed by atoms with Crippen LogP contribution >= 0.6 is 92.8 Å². The third kappa shape index (κ3) is 20.4. The van der Waals surface area contributed by atoms with Crippen molar-refractivity contribution in [1.82, 2.24) is 21.3 Å². The zero-order valence-electron chi connectivity index (χ0n) is 82.9. The number of aliphatic hydroxyl groups is 4. The predicted octanol–water partition coefficient (Wildman–Crippen LogP) is 22.7. The Bertz CT molecular complexity index is 6530. The topological polar surface area (TPSA) is 314 Å². The highest BCUT2D eigenvalue weighted by Gasteiger charge is 2.71. The van der Waals surface area contributed by atoms with Crippen molar-refractivity contribution in [3.8, 4) is 0 Å². The van der Waals surface area contributed by atoms with E-state index in [0.717, 1.165) is 5.56 Å². The van der Waals surface area contributed by atoms with Gasteiger partial charge in [0.25, 0.3) is 0 Å². The van der Waals surface area contributed by atoms with Crippen LogP contribution in [0, 0.1) is 80.2 Å². The van der Waals surface area contributed by atoms with Crippen molar-refractivity contribution in [1.29, 1.82) is 0 Å². The molecule has 4 amide bonds. The van der Waals surface area contributed by atoms with E-state index in [0.29, 0.717) is 144 Å². The minimum absolute atomic E-state index is 0.0108. The SMILES string of the molecule is CC(C)(C)C[C@H]1N[C@@H](C(=O)CC2CC(O)C2)[C@H](c2ccc(F)c(Cl)c2)[C@@]12C(=O)Nc1cc(Cl)c(F)cc12.CC(C)(C)C[C@H]1N[C@@H](C(=O)CC2CC(O)C2)[C@H](c2ccc(F)c(Cl)c2)[C@@]12C(=O)Nc1cc(Cl)ccc12.CC(C)(C)C[C@H]1N[C@@H](C(=O)CC2CC(O)C2)[C@H](c2cccc(Cl)c2F)[C@@]12C(=O)Nc1cc(Cl)c(F)cc12.CC(C)(C)C[C@H]1N[C@@H](C(=O)CC2CC(O)C2)[C@H](c2cccc(Cl)c2F)[C@@]12C(=O)Nc1cc(Cl)ccc12. The molecule has 8 heterocycles. The summed E-state index contributed by atoms with van der Waals surface area (Å²) in [6.07, 6.45) is 6.11. The van der Waals surface area contributed by atoms with Crippen LogP contribution in [0.3, 0.4) is 0 Å². The van der Waals surface area contributed by atoms with Crippen molar-refractivity contribution >= 4 is 162 Å². The van der Waals surface area contributed by atoms with E-state index < -0.39 is 141 Å². The smallest absolute Gasteiger partial charge is 0.237 e. The molecule has 0 aromatic heterocycles. The maximum Gasteiger partial charge on any atom is 0.237 e. The summed E-state index contributed by atoms with van der Waals surface area (Å²) in [6.45, 7) is 24.7. The number of benzene rings is 8. The lowest BCUT2D eigenvalue weighted by molar-refractivity contribution is -0.125. The number of halogens is 14. The van der Waals surface area contributed by atoms with E-state index in [1.54, 1.807) is 66.7 Å². The molecule has 12 aliphatic rings. The van der Waals surface area contributed by atoms with Crippen LogP contribution in [0.4, 0.5) is 49.1 Å². The normalized spacial score (nSPS) is 31.1. The maximum atomic E-state index is 15.7. The lowest BCUT2D eigenvalue weighted by Crippen LogP contribution is -2.49. The number of nitrogens with one attached hydrogen (secondary N) is 8. The van der Waals surface area contributed by atoms with Gasteiger partial charge in [-0.15, -0.1) is 0 Å². The van der Waals surface area contributed by atoms with Gasteiger partial charge in [-0.1, -0.05) is 224 Å². The van der Waals surface area contributed by atoms with E-state index in [-0.39, 0.29) is 165 Å². The first kappa shape index (κ1) is 109. The van der Waals surface area contributed by atoms with E-state index in [1.807, 2.05) is 53.7 Å². The van der Waals surface area contributed by atoms with Crippen molar-refractivity contribution in [3.63, 3.8) is 0 Å². The standard InChI is InChI=1S/2C28H30Cl2F2N2O3.2C28H31Cl2FN2O3/c1-27(2,3)12-23-28(16-10-20(32)18(30)11-21(16)33-26(28)37)24(14-4-5-19(31)17(29)9-14)25(34-23)22(36)8-13-6-15(35)7-13;1-27(2,3)12-22-28(16-10-19(31)18(30)11-20(16)33-26(28)37)23(15-5-4-6-17(29)24(15)32)25(34-22)21(36)9-13-7-14(35)8-13;1-27(2,3)13-23-28(18-6-5-16(29)12-21(18)32-26(28)36)24(15-4-7-20(31)19(30)11-15)25(33-23)22(35)10-14-8-17(34)9-14;1-27(2,3)13-22-28(18-8-7-15(29)12-20(18)32-26(28)36)23(17-5-4-6-19(30)24(17)31)25(33-22)21(35)11-14-9-16(34)10-14/h4-5,9-11,13,15,23-25,34-35H,6-8,12H2,1-3H3,(H,33,37);4-6,10-11,13-14,22-23,25,34-35H,7-9,12H2,1-3H3,(H,33,37);4-7,11-12,14,17,23-25,33-34H,8-10,13H2,1-3H3,(H,32,36);4-8,12,14,16,22-23,25,33-34H,9-11,13H2,1-3H3,(H,32,36)/t13?,15?,23-,24+,25+,28+;13?,14?,22-,23+,25+,28+;14?,17?,23-,24+,25+,28+;14?,16?,22-,23+,25+,28+/m1111/s1. The Morgan fingerprint density at radius 3 is 0.836 bits per heavy atom. The molecule has 12 N–H and O–H groups in total. The van der Waals surface area contributed by atoms with Gasteiger partial charge in [0.15, 0.2) is 23.1 Å². The van der Waals surface area contributed by atoms with Crippen molar-refractivity contribution < 1.29 is 85.1 Å². The molecule has 4 spiro atoms. The monoisotopic (exact) mass is 2160 g/mol. The quantitative estimate of drug-likeness (QED) is 0.0316. The van der Waals surface area contributed by atoms with Crippen LogP contribution in [0.1, 0.15) is 254 Å². The summed E-state index contributed by atoms with van der Waals surface area (Å²) >= 11 is 49.5. The Balaban J connectivity index is 0.000000133. The van der Waals surface area contributed by atoms with Crippen LogP contribution in [-0.2, 0) is 60.0 Å². The highest BCUT2D eigenvalue weighted by molar-refractivity contribution is 6.34. The zero-order chi connectivity index (χ0) is 106. The largest absolute Gasteiger partial charge is 0.393 e. The number of carbonyl (C=O) groups excluding carboxylic acids is 8. The van der Waals surface area contributed by atoms with Gasteiger partial charge < -0.3 is 63.0 Å². The van der Waals surface area contributed by atoms with Crippen LogP contribution in [0.15, 0.2) is 133 Å². The van der Waals surface area contributed by atoms with Crippen molar-refractivity contribution in [3.05, 3.63) is 253 Å².